The number of ether oxygens (including phenoxy) is 1. The molecule has 5 aromatic carbocycles. The molecule has 0 atom stereocenters. The van der Waals surface area contributed by atoms with E-state index in [0.717, 1.165) is 32.4 Å². The van der Waals surface area contributed by atoms with Crippen molar-refractivity contribution < 1.29 is 9.53 Å². The molecule has 0 saturated carbocycles. The minimum atomic E-state index is -2.76. The Balaban J connectivity index is 1.80. The first-order valence-electron chi connectivity index (χ1n) is 14.7. The predicted molar refractivity (Wildman–Crippen MR) is 185 cm³/mol. The first-order chi connectivity index (χ1) is 21.7. The number of halogens is 1. The van der Waals surface area contributed by atoms with E-state index in [-0.39, 0.29) is 11.1 Å². The maximum absolute atomic E-state index is 14.9. The van der Waals surface area contributed by atoms with Crippen LogP contribution < -0.4 is 15.9 Å². The summed E-state index contributed by atoms with van der Waals surface area (Å²) in [6.07, 6.45) is 0. The van der Waals surface area contributed by atoms with Gasteiger partial charge in [0, 0.05) is 24.2 Å². The minimum absolute atomic E-state index is 0.159. The molecule has 6 heteroatoms. The number of benzene rings is 5. The fraction of sp³-hybridized carbons (Fsp3) is 0.105. The number of aliphatic imine (C=N–C) groups is 1. The molecule has 0 unspecified atom stereocenters. The van der Waals surface area contributed by atoms with Crippen LogP contribution in [0.25, 0.3) is 5.31 Å². The molecule has 1 aliphatic heterocycles. The Morgan fingerprint density at radius 2 is 0.977 bits per heavy atom. The quantitative estimate of drug-likeness (QED) is 0.108. The van der Waals surface area contributed by atoms with E-state index < -0.39 is 7.26 Å². The smallest absolute Gasteiger partial charge is 0.276 e. The van der Waals surface area contributed by atoms with Gasteiger partial charge < -0.3 is 9.64 Å². The number of carbonyl (C=O) groups excluding carboxylic acids is 1. The minimum Gasteiger partial charge on any atom is -0.378 e. The van der Waals surface area contributed by atoms with Gasteiger partial charge in [0.15, 0.2) is 5.70 Å². The molecular formula is C38H33ClN2O2P+. The molecule has 1 amide bonds. The van der Waals surface area contributed by atoms with Crippen LogP contribution in [0, 0.1) is 0 Å². The first kappa shape index (κ1) is 29.7. The fourth-order valence-corrected chi connectivity index (χ4v) is 10.5. The topological polar surface area (TPSA) is 41.9 Å². The molecule has 0 N–H and O–H groups in total. The summed E-state index contributed by atoms with van der Waals surface area (Å²) in [6.45, 7) is 1.92. The molecule has 1 heterocycles. The monoisotopic (exact) mass is 615 g/mol. The molecule has 0 bridgehead atoms. The summed E-state index contributed by atoms with van der Waals surface area (Å²) < 4.78 is 5.64. The lowest BCUT2D eigenvalue weighted by Crippen LogP contribution is -2.42. The summed E-state index contributed by atoms with van der Waals surface area (Å²) in [5, 5.41) is 4.49. The number of carbonyl (C=O) groups is 1. The molecule has 0 radical (unpaired) electrons. The second-order valence-corrected chi connectivity index (χ2v) is 14.1. The molecule has 1 aliphatic rings. The van der Waals surface area contributed by atoms with Crippen LogP contribution in [0.4, 0.5) is 0 Å². The van der Waals surface area contributed by atoms with Crippen LogP contribution in [0.2, 0.25) is 0 Å². The lowest BCUT2D eigenvalue weighted by molar-refractivity contribution is -0.131. The highest BCUT2D eigenvalue weighted by Crippen LogP contribution is 2.67. The highest BCUT2D eigenvalue weighted by molar-refractivity contribution is 8.03. The zero-order valence-electron chi connectivity index (χ0n) is 24.3. The van der Waals surface area contributed by atoms with Crippen LogP contribution in [0.5, 0.6) is 0 Å². The van der Waals surface area contributed by atoms with Crippen molar-refractivity contribution in [1.82, 2.24) is 4.90 Å². The molecule has 218 valence electrons. The molecule has 6 rings (SSSR count). The fourth-order valence-electron chi connectivity index (χ4n) is 5.73. The largest absolute Gasteiger partial charge is 0.378 e. The van der Waals surface area contributed by atoms with Gasteiger partial charge >= 0.3 is 0 Å². The summed E-state index contributed by atoms with van der Waals surface area (Å²) in [7, 11) is -2.76. The van der Waals surface area contributed by atoms with Gasteiger partial charge in [0.2, 0.25) is 0 Å². The van der Waals surface area contributed by atoms with Crippen LogP contribution in [0.1, 0.15) is 11.1 Å². The molecule has 44 heavy (non-hydrogen) atoms. The maximum Gasteiger partial charge on any atom is 0.276 e. The van der Waals surface area contributed by atoms with Crippen molar-refractivity contribution >= 4 is 51.2 Å². The van der Waals surface area contributed by atoms with Gasteiger partial charge in [0.1, 0.15) is 33.7 Å². The molecule has 1 fully saturated rings. The van der Waals surface area contributed by atoms with Gasteiger partial charge in [-0.2, -0.15) is 0 Å². The predicted octanol–water partition coefficient (Wildman–Crippen LogP) is 6.89. The van der Waals surface area contributed by atoms with Gasteiger partial charge in [-0.25, -0.2) is 4.99 Å². The lowest BCUT2D eigenvalue weighted by atomic mass is 10.1. The van der Waals surface area contributed by atoms with E-state index in [4.69, 9.17) is 21.3 Å². The Bertz CT molecular complexity index is 1640. The van der Waals surface area contributed by atoms with Gasteiger partial charge in [-0.1, -0.05) is 127 Å². The molecular weight excluding hydrogens is 583 g/mol. The summed E-state index contributed by atoms with van der Waals surface area (Å²) in [5.74, 6) is -0.159. The van der Waals surface area contributed by atoms with Gasteiger partial charge in [-0.15, -0.1) is 0 Å². The molecule has 0 spiro atoms. The number of nitrogens with zero attached hydrogens (tertiary/aromatic N) is 2. The summed E-state index contributed by atoms with van der Waals surface area (Å²) in [4.78, 5) is 21.8. The summed E-state index contributed by atoms with van der Waals surface area (Å²) in [5.41, 5.74) is 2.02. The molecule has 0 aromatic heterocycles. The van der Waals surface area contributed by atoms with Crippen molar-refractivity contribution in [2.75, 3.05) is 26.3 Å². The molecule has 5 aromatic rings. The van der Waals surface area contributed by atoms with Crippen molar-refractivity contribution in [3.63, 3.8) is 0 Å². The van der Waals surface area contributed by atoms with Gasteiger partial charge in [-0.05, 0) is 36.4 Å². The van der Waals surface area contributed by atoms with Crippen LogP contribution in [0.3, 0.4) is 0 Å². The van der Waals surface area contributed by atoms with Gasteiger partial charge in [-0.3, -0.25) is 4.79 Å². The van der Waals surface area contributed by atoms with Crippen molar-refractivity contribution in [3.8, 4) is 0 Å². The van der Waals surface area contributed by atoms with Crippen molar-refractivity contribution in [2.24, 2.45) is 4.99 Å². The van der Waals surface area contributed by atoms with Gasteiger partial charge in [0.05, 0.1) is 13.2 Å². The number of amides is 1. The van der Waals surface area contributed by atoms with E-state index in [2.05, 4.69) is 84.9 Å². The highest BCUT2D eigenvalue weighted by atomic mass is 35.5. The standard InChI is InChI=1S/C38H33ClN2O2P/c39-37(31-18-8-2-9-19-31)40-35(38(42)41-26-28-43-29-27-41)36(30-16-6-1-7-17-30)44(32-20-10-3-11-21-32,33-22-12-4-13-23-33)34-24-14-5-15-25-34/h1-25H,26-29H2/q+1. The van der Waals surface area contributed by atoms with Crippen LogP contribution in [-0.4, -0.2) is 42.3 Å². The Morgan fingerprint density at radius 3 is 1.41 bits per heavy atom. The maximum atomic E-state index is 14.9. The van der Waals surface area contributed by atoms with Crippen LogP contribution in [0.15, 0.2) is 162 Å². The SMILES string of the molecule is O=C(C(N=C(Cl)c1ccccc1)=C(c1ccccc1)[P+](c1ccccc1)(c1ccccc1)c1ccccc1)N1CCOCC1. The third-order valence-electron chi connectivity index (χ3n) is 7.76. The lowest BCUT2D eigenvalue weighted by Gasteiger charge is -2.32. The second-order valence-electron chi connectivity index (χ2n) is 10.4. The Morgan fingerprint density at radius 1 is 0.591 bits per heavy atom. The molecule has 0 aliphatic carbocycles. The molecule has 1 saturated heterocycles. The highest BCUT2D eigenvalue weighted by Gasteiger charge is 2.53. The van der Waals surface area contributed by atoms with Crippen LogP contribution in [-0.2, 0) is 9.53 Å². The summed E-state index contributed by atoms with van der Waals surface area (Å²) in [6, 6.07) is 51.4. The van der Waals surface area contributed by atoms with Crippen molar-refractivity contribution in [2.45, 2.75) is 0 Å². The zero-order valence-corrected chi connectivity index (χ0v) is 25.9. The van der Waals surface area contributed by atoms with E-state index in [1.54, 1.807) is 0 Å². The number of morpholine rings is 1. The summed E-state index contributed by atoms with van der Waals surface area (Å²) >= 11 is 7.04. The van der Waals surface area contributed by atoms with E-state index in [1.165, 1.54) is 0 Å². The van der Waals surface area contributed by atoms with E-state index >= 15 is 0 Å². The van der Waals surface area contributed by atoms with E-state index in [1.807, 2.05) is 71.6 Å². The van der Waals surface area contributed by atoms with Crippen molar-refractivity contribution in [3.05, 3.63) is 168 Å². The average molecular weight is 616 g/mol. The van der Waals surface area contributed by atoms with Gasteiger partial charge in [0.25, 0.3) is 5.91 Å². The van der Waals surface area contributed by atoms with E-state index in [9.17, 15) is 4.79 Å². The van der Waals surface area contributed by atoms with Crippen molar-refractivity contribution in [1.29, 1.82) is 0 Å². The Labute approximate surface area is 264 Å². The Kier molecular flexibility index (Phi) is 9.43. The number of rotatable bonds is 8. The normalized spacial score (nSPS) is 14.6. The number of hydrogen-bond acceptors (Lipinski definition) is 3. The molecule has 4 nitrogen and oxygen atoms in total. The number of hydrogen-bond donors (Lipinski definition) is 0. The third kappa shape index (κ3) is 6.02. The van der Waals surface area contributed by atoms with E-state index in [0.29, 0.717) is 32.0 Å². The first-order valence-corrected chi connectivity index (χ1v) is 16.9. The third-order valence-corrected chi connectivity index (χ3v) is 12.4. The zero-order chi connectivity index (χ0) is 30.2. The Hall–Kier alpha value is -4.34. The second kappa shape index (κ2) is 14.0. The van der Waals surface area contributed by atoms with Crippen LogP contribution >= 0.6 is 18.9 Å². The average Bonchev–Trinajstić information content (AvgIpc) is 3.11.